The van der Waals surface area contributed by atoms with Crippen LogP contribution < -0.4 is 0 Å². The first-order valence-corrected chi connectivity index (χ1v) is 10.1. The molecule has 0 unspecified atom stereocenters. The molecule has 2 aliphatic carbocycles. The van der Waals surface area contributed by atoms with Crippen molar-refractivity contribution in [3.8, 4) is 0 Å². The molecule has 0 aromatic heterocycles. The van der Waals surface area contributed by atoms with Crippen molar-refractivity contribution in [2.75, 3.05) is 0 Å². The van der Waals surface area contributed by atoms with Crippen molar-refractivity contribution >= 4 is 11.8 Å². The highest BCUT2D eigenvalue weighted by atomic mass is 16.5. The molecular formula is C21H34N2O2. The highest BCUT2D eigenvalue weighted by Crippen LogP contribution is 2.51. The average molecular weight is 347 g/mol. The fourth-order valence-corrected chi connectivity index (χ4v) is 5.22. The molecule has 2 fully saturated rings. The summed E-state index contributed by atoms with van der Waals surface area (Å²) in [5, 5.41) is 0. The second-order valence-electron chi connectivity index (χ2n) is 10.8. The Kier molecular flexibility index (Phi) is 3.63. The third kappa shape index (κ3) is 2.71. The van der Waals surface area contributed by atoms with E-state index in [2.05, 4.69) is 41.5 Å². The highest BCUT2D eigenvalue weighted by molar-refractivity contribution is 5.99. The van der Waals surface area contributed by atoms with E-state index < -0.39 is 0 Å². The van der Waals surface area contributed by atoms with Gasteiger partial charge in [-0.15, -0.1) is 0 Å². The molecule has 2 aliphatic heterocycles. The van der Waals surface area contributed by atoms with E-state index in [9.17, 15) is 0 Å². The molecule has 0 bridgehead atoms. The lowest BCUT2D eigenvalue weighted by Gasteiger charge is -2.46. The van der Waals surface area contributed by atoms with Crippen molar-refractivity contribution in [1.29, 1.82) is 0 Å². The molecular weight excluding hydrogens is 312 g/mol. The molecule has 4 nitrogen and oxygen atoms in total. The van der Waals surface area contributed by atoms with Gasteiger partial charge >= 0.3 is 0 Å². The van der Waals surface area contributed by atoms with E-state index in [-0.39, 0.29) is 34.1 Å². The largest absolute Gasteiger partial charge is 0.472 e. The summed E-state index contributed by atoms with van der Waals surface area (Å²) < 4.78 is 12.8. The predicted octanol–water partition coefficient (Wildman–Crippen LogP) is 4.91. The Bertz CT molecular complexity index is 559. The zero-order chi connectivity index (χ0) is 18.1. The molecule has 2 heterocycles. The van der Waals surface area contributed by atoms with Crippen molar-refractivity contribution in [1.82, 2.24) is 0 Å². The zero-order valence-corrected chi connectivity index (χ0v) is 16.8. The minimum atomic E-state index is -0.0513. The Labute approximate surface area is 152 Å². The summed E-state index contributed by atoms with van der Waals surface area (Å²) in [6, 6.07) is 0.503. The van der Waals surface area contributed by atoms with Gasteiger partial charge in [0, 0.05) is 0 Å². The van der Waals surface area contributed by atoms with Gasteiger partial charge in [0.1, 0.15) is 11.2 Å². The van der Waals surface area contributed by atoms with Crippen molar-refractivity contribution < 1.29 is 9.47 Å². The van der Waals surface area contributed by atoms with Gasteiger partial charge in [-0.3, -0.25) is 0 Å². The topological polar surface area (TPSA) is 43.2 Å². The van der Waals surface area contributed by atoms with Gasteiger partial charge in [-0.1, -0.05) is 41.5 Å². The quantitative estimate of drug-likeness (QED) is 0.713. The molecule has 25 heavy (non-hydrogen) atoms. The van der Waals surface area contributed by atoms with E-state index in [0.717, 1.165) is 37.5 Å². The number of rotatable bonds is 2. The predicted molar refractivity (Wildman–Crippen MR) is 101 cm³/mol. The smallest absolute Gasteiger partial charge is 0.193 e. The van der Waals surface area contributed by atoms with E-state index in [1.165, 1.54) is 12.8 Å². The van der Waals surface area contributed by atoms with Gasteiger partial charge in [-0.2, -0.15) is 0 Å². The molecule has 4 rings (SSSR count). The fraction of sp³-hybridized carbons (Fsp3) is 0.905. The van der Waals surface area contributed by atoms with Crippen LogP contribution in [0.2, 0.25) is 0 Å². The van der Waals surface area contributed by atoms with E-state index >= 15 is 0 Å². The van der Waals surface area contributed by atoms with Crippen molar-refractivity contribution in [3.05, 3.63) is 0 Å². The van der Waals surface area contributed by atoms with Crippen molar-refractivity contribution in [3.63, 3.8) is 0 Å². The summed E-state index contributed by atoms with van der Waals surface area (Å²) >= 11 is 0. The first-order chi connectivity index (χ1) is 11.5. The highest BCUT2D eigenvalue weighted by Gasteiger charge is 2.57. The van der Waals surface area contributed by atoms with E-state index in [1.54, 1.807) is 0 Å². The molecule has 2 saturated carbocycles. The van der Waals surface area contributed by atoms with Gasteiger partial charge in [0.15, 0.2) is 11.8 Å². The summed E-state index contributed by atoms with van der Waals surface area (Å²) in [4.78, 5) is 10.0. The lowest BCUT2D eigenvalue weighted by Crippen LogP contribution is -2.52. The van der Waals surface area contributed by atoms with Crippen molar-refractivity contribution in [2.24, 2.45) is 20.8 Å². The minimum absolute atomic E-state index is 0.0513. The van der Waals surface area contributed by atoms with Crippen molar-refractivity contribution in [2.45, 2.75) is 110 Å². The third-order valence-electron chi connectivity index (χ3n) is 6.53. The van der Waals surface area contributed by atoms with E-state index in [4.69, 9.17) is 19.5 Å². The van der Waals surface area contributed by atoms with Crippen LogP contribution in [0, 0.1) is 10.8 Å². The maximum Gasteiger partial charge on any atom is 0.193 e. The molecule has 2 atom stereocenters. The van der Waals surface area contributed by atoms with Crippen LogP contribution in [-0.4, -0.2) is 35.1 Å². The first-order valence-electron chi connectivity index (χ1n) is 10.1. The Hall–Kier alpha value is -1.06. The summed E-state index contributed by atoms with van der Waals surface area (Å²) in [5.41, 5.74) is 0.155. The summed E-state index contributed by atoms with van der Waals surface area (Å²) in [5.74, 6) is 1.70. The van der Waals surface area contributed by atoms with Crippen LogP contribution in [0.3, 0.4) is 0 Å². The third-order valence-corrected chi connectivity index (χ3v) is 6.53. The Morgan fingerprint density at radius 2 is 1.12 bits per heavy atom. The van der Waals surface area contributed by atoms with Gasteiger partial charge in [0.25, 0.3) is 0 Å². The molecule has 0 N–H and O–H groups in total. The zero-order valence-electron chi connectivity index (χ0n) is 16.8. The van der Waals surface area contributed by atoms with Gasteiger partial charge in [-0.25, -0.2) is 9.98 Å². The Morgan fingerprint density at radius 3 is 1.32 bits per heavy atom. The van der Waals surface area contributed by atoms with Crippen LogP contribution in [0.25, 0.3) is 0 Å². The SMILES string of the molecule is CC(C)(C)[C@@H]1N=C(CC2=N[C@@H](C(C)(C)C)C3(CCC3)O2)OC12CCC2. The van der Waals surface area contributed by atoms with Gasteiger partial charge in [-0.05, 0) is 49.4 Å². The second kappa shape index (κ2) is 5.23. The number of aliphatic imine (C=N–C) groups is 2. The molecule has 140 valence electrons. The molecule has 0 radical (unpaired) electrons. The maximum absolute atomic E-state index is 6.42. The average Bonchev–Trinajstić information content (AvgIpc) is 2.95. The number of hydrogen-bond donors (Lipinski definition) is 0. The van der Waals surface area contributed by atoms with Crippen LogP contribution >= 0.6 is 0 Å². The normalized spacial score (nSPS) is 32.6. The molecule has 0 aromatic carbocycles. The first kappa shape index (κ1) is 17.4. The number of ether oxygens (including phenoxy) is 2. The standard InChI is InChI=1S/C21H34N2O2/c1-18(2,3)16-20(9-7-10-20)24-14(22-16)13-15-23-17(19(4,5)6)21(25-15)11-8-12-21/h16-17H,7-13H2,1-6H3/t16-,17-/m0/s1. The van der Waals surface area contributed by atoms with Crippen LogP contribution in [0.15, 0.2) is 9.98 Å². The lowest BCUT2D eigenvalue weighted by molar-refractivity contribution is -0.0503. The monoisotopic (exact) mass is 346 g/mol. The summed E-state index contributed by atoms with van der Waals surface area (Å²) in [7, 11) is 0. The fourth-order valence-electron chi connectivity index (χ4n) is 5.22. The minimum Gasteiger partial charge on any atom is -0.472 e. The van der Waals surface area contributed by atoms with Gasteiger partial charge in [0.05, 0.1) is 18.5 Å². The molecule has 0 amide bonds. The maximum atomic E-state index is 6.42. The number of hydrogen-bond acceptors (Lipinski definition) is 4. The second-order valence-corrected chi connectivity index (χ2v) is 10.8. The number of nitrogens with zero attached hydrogens (tertiary/aromatic N) is 2. The van der Waals surface area contributed by atoms with Gasteiger partial charge < -0.3 is 9.47 Å². The van der Waals surface area contributed by atoms with Gasteiger partial charge in [0.2, 0.25) is 0 Å². The molecule has 0 saturated heterocycles. The summed E-state index contributed by atoms with van der Waals surface area (Å²) in [6.45, 7) is 13.6. The lowest BCUT2D eigenvalue weighted by atomic mass is 9.67. The van der Waals surface area contributed by atoms with Crippen LogP contribution in [0.4, 0.5) is 0 Å². The molecule has 2 spiro atoms. The van der Waals surface area contributed by atoms with Crippen LogP contribution in [0.5, 0.6) is 0 Å². The Morgan fingerprint density at radius 1 is 0.760 bits per heavy atom. The summed E-state index contributed by atoms with van der Waals surface area (Å²) in [6.07, 6.45) is 7.65. The van der Waals surface area contributed by atoms with E-state index in [1.807, 2.05) is 0 Å². The van der Waals surface area contributed by atoms with Crippen LogP contribution in [-0.2, 0) is 9.47 Å². The molecule has 0 aromatic rings. The molecule has 4 aliphatic rings. The van der Waals surface area contributed by atoms with E-state index in [0.29, 0.717) is 6.42 Å². The molecule has 4 heteroatoms. The van der Waals surface area contributed by atoms with Crippen LogP contribution in [0.1, 0.15) is 86.5 Å². The Balaban J connectivity index is 1.53.